The summed E-state index contributed by atoms with van der Waals surface area (Å²) in [6.07, 6.45) is 1.35. The molecule has 20 heavy (non-hydrogen) atoms. The van der Waals surface area contributed by atoms with Crippen LogP contribution in [0.1, 0.15) is 17.3 Å². The normalized spacial score (nSPS) is 10.1. The lowest BCUT2D eigenvalue weighted by Gasteiger charge is -2.11. The maximum absolute atomic E-state index is 12.2. The molecule has 6 heteroatoms. The zero-order valence-electron chi connectivity index (χ0n) is 10.9. The fourth-order valence-corrected chi connectivity index (χ4v) is 1.86. The van der Waals surface area contributed by atoms with Gasteiger partial charge >= 0.3 is 0 Å². The monoisotopic (exact) mass is 291 g/mol. The van der Waals surface area contributed by atoms with E-state index in [2.05, 4.69) is 10.3 Å². The molecule has 2 rings (SSSR count). The largest absolute Gasteiger partial charge is 0.492 e. The molecule has 0 atom stereocenters. The van der Waals surface area contributed by atoms with Crippen molar-refractivity contribution in [1.82, 2.24) is 4.98 Å². The summed E-state index contributed by atoms with van der Waals surface area (Å²) in [5, 5.41) is 2.99. The number of halogens is 1. The fourth-order valence-electron chi connectivity index (χ4n) is 1.67. The highest BCUT2D eigenvalue weighted by Crippen LogP contribution is 2.25. The van der Waals surface area contributed by atoms with E-state index >= 15 is 0 Å². The number of nitrogens with one attached hydrogen (secondary N) is 1. The number of amides is 1. The van der Waals surface area contributed by atoms with E-state index in [4.69, 9.17) is 22.1 Å². The van der Waals surface area contributed by atoms with E-state index in [0.717, 1.165) is 0 Å². The molecule has 0 unspecified atom stereocenters. The minimum Gasteiger partial charge on any atom is -0.492 e. The number of nitrogens with two attached hydrogens (primary N) is 1. The minimum atomic E-state index is -0.365. The van der Waals surface area contributed by atoms with E-state index in [-0.39, 0.29) is 22.3 Å². The van der Waals surface area contributed by atoms with Gasteiger partial charge in [0.25, 0.3) is 5.91 Å². The SMILES string of the molecule is CCOc1ccccc1NC(=O)c1cc(N)ncc1Cl. The highest BCUT2D eigenvalue weighted by atomic mass is 35.5. The second-order valence-electron chi connectivity index (χ2n) is 3.97. The van der Waals surface area contributed by atoms with Gasteiger partial charge in [0.1, 0.15) is 11.6 Å². The van der Waals surface area contributed by atoms with Crippen molar-refractivity contribution < 1.29 is 9.53 Å². The van der Waals surface area contributed by atoms with E-state index < -0.39 is 0 Å². The Morgan fingerprint density at radius 1 is 1.45 bits per heavy atom. The summed E-state index contributed by atoms with van der Waals surface area (Å²) >= 11 is 5.95. The summed E-state index contributed by atoms with van der Waals surface area (Å²) < 4.78 is 5.44. The number of para-hydroxylation sites is 2. The molecule has 2 aromatic rings. The topological polar surface area (TPSA) is 77.2 Å². The number of nitrogen functional groups attached to an aromatic ring is 1. The van der Waals surface area contributed by atoms with Gasteiger partial charge in [0.05, 0.1) is 22.9 Å². The van der Waals surface area contributed by atoms with Crippen LogP contribution in [0.3, 0.4) is 0 Å². The Bertz CT molecular complexity index is 632. The maximum Gasteiger partial charge on any atom is 0.257 e. The quantitative estimate of drug-likeness (QED) is 0.908. The zero-order chi connectivity index (χ0) is 14.5. The van der Waals surface area contributed by atoms with Crippen molar-refractivity contribution in [3.05, 3.63) is 47.1 Å². The van der Waals surface area contributed by atoms with Crippen LogP contribution in [0.15, 0.2) is 36.5 Å². The minimum absolute atomic E-state index is 0.234. The molecule has 0 bridgehead atoms. The number of aromatic nitrogens is 1. The van der Waals surface area contributed by atoms with Crippen molar-refractivity contribution in [2.24, 2.45) is 0 Å². The van der Waals surface area contributed by atoms with Gasteiger partial charge < -0.3 is 15.8 Å². The molecule has 0 radical (unpaired) electrons. The molecular weight excluding hydrogens is 278 g/mol. The average molecular weight is 292 g/mol. The molecule has 3 N–H and O–H groups in total. The molecule has 0 saturated carbocycles. The van der Waals surface area contributed by atoms with Gasteiger partial charge in [0, 0.05) is 6.20 Å². The molecule has 104 valence electrons. The summed E-state index contributed by atoms with van der Waals surface area (Å²) in [7, 11) is 0. The van der Waals surface area contributed by atoms with Crippen LogP contribution in [0, 0.1) is 0 Å². The van der Waals surface area contributed by atoms with Gasteiger partial charge in [-0.1, -0.05) is 23.7 Å². The molecular formula is C14H14ClN3O2. The third-order valence-electron chi connectivity index (χ3n) is 2.56. The van der Waals surface area contributed by atoms with Gasteiger partial charge in [0.15, 0.2) is 0 Å². The molecule has 1 aromatic heterocycles. The first-order chi connectivity index (χ1) is 9.61. The van der Waals surface area contributed by atoms with Crippen molar-refractivity contribution in [3.8, 4) is 5.75 Å². The number of anilines is 2. The molecule has 1 aromatic carbocycles. The van der Waals surface area contributed by atoms with Crippen LogP contribution in [-0.4, -0.2) is 17.5 Å². The molecule has 5 nitrogen and oxygen atoms in total. The summed E-state index contributed by atoms with van der Waals surface area (Å²) in [5.74, 6) is 0.468. The Kier molecular flexibility index (Phi) is 4.42. The van der Waals surface area contributed by atoms with Crippen molar-refractivity contribution in [3.63, 3.8) is 0 Å². The second kappa shape index (κ2) is 6.25. The van der Waals surface area contributed by atoms with Crippen LogP contribution < -0.4 is 15.8 Å². The lowest BCUT2D eigenvalue weighted by atomic mass is 10.2. The predicted octanol–water partition coefficient (Wildman–Crippen LogP) is 2.97. The summed E-state index contributed by atoms with van der Waals surface area (Å²) in [6, 6.07) is 8.60. The van der Waals surface area contributed by atoms with Gasteiger partial charge in [0.2, 0.25) is 0 Å². The zero-order valence-corrected chi connectivity index (χ0v) is 11.6. The Labute approximate surface area is 121 Å². The number of carbonyl (C=O) groups is 1. The molecule has 0 aliphatic rings. The molecule has 1 heterocycles. The maximum atomic E-state index is 12.2. The Balaban J connectivity index is 2.26. The molecule has 1 amide bonds. The van der Waals surface area contributed by atoms with E-state index in [9.17, 15) is 4.79 Å². The van der Waals surface area contributed by atoms with Gasteiger partial charge in [-0.05, 0) is 25.1 Å². The number of carbonyl (C=O) groups excluding carboxylic acids is 1. The highest BCUT2D eigenvalue weighted by Gasteiger charge is 2.13. The van der Waals surface area contributed by atoms with Crippen LogP contribution in [0.4, 0.5) is 11.5 Å². The molecule has 0 spiro atoms. The number of pyridine rings is 1. The van der Waals surface area contributed by atoms with E-state index in [1.165, 1.54) is 12.3 Å². The van der Waals surface area contributed by atoms with Crippen molar-refractivity contribution in [2.75, 3.05) is 17.7 Å². The molecule has 0 aliphatic heterocycles. The Hall–Kier alpha value is -2.27. The van der Waals surface area contributed by atoms with Crippen molar-refractivity contribution >= 4 is 29.0 Å². The number of hydrogen-bond donors (Lipinski definition) is 2. The van der Waals surface area contributed by atoms with Crippen LogP contribution in [0.2, 0.25) is 5.02 Å². The Morgan fingerprint density at radius 2 is 2.20 bits per heavy atom. The Morgan fingerprint density at radius 3 is 2.95 bits per heavy atom. The van der Waals surface area contributed by atoms with Crippen LogP contribution in [0.25, 0.3) is 0 Å². The van der Waals surface area contributed by atoms with E-state index in [0.29, 0.717) is 18.0 Å². The molecule has 0 saturated heterocycles. The number of ether oxygens (including phenoxy) is 1. The van der Waals surface area contributed by atoms with Crippen LogP contribution in [-0.2, 0) is 0 Å². The van der Waals surface area contributed by atoms with Crippen molar-refractivity contribution in [2.45, 2.75) is 6.92 Å². The van der Waals surface area contributed by atoms with E-state index in [1.54, 1.807) is 18.2 Å². The number of benzene rings is 1. The first-order valence-electron chi connectivity index (χ1n) is 6.06. The molecule has 0 aliphatic carbocycles. The number of rotatable bonds is 4. The highest BCUT2D eigenvalue weighted by molar-refractivity contribution is 6.34. The summed E-state index contributed by atoms with van der Waals surface area (Å²) in [4.78, 5) is 16.0. The molecule has 0 fully saturated rings. The van der Waals surface area contributed by atoms with Crippen molar-refractivity contribution in [1.29, 1.82) is 0 Å². The first-order valence-corrected chi connectivity index (χ1v) is 6.43. The fraction of sp³-hybridized carbons (Fsp3) is 0.143. The third-order valence-corrected chi connectivity index (χ3v) is 2.86. The third kappa shape index (κ3) is 3.19. The smallest absolute Gasteiger partial charge is 0.257 e. The van der Waals surface area contributed by atoms with Gasteiger partial charge in [-0.15, -0.1) is 0 Å². The average Bonchev–Trinajstić information content (AvgIpc) is 2.44. The second-order valence-corrected chi connectivity index (χ2v) is 4.38. The number of hydrogen-bond acceptors (Lipinski definition) is 4. The van der Waals surface area contributed by atoms with Crippen LogP contribution >= 0.6 is 11.6 Å². The summed E-state index contributed by atoms with van der Waals surface area (Å²) in [5.41, 5.74) is 6.41. The number of nitrogens with zero attached hydrogens (tertiary/aromatic N) is 1. The first kappa shape index (κ1) is 14.1. The predicted molar refractivity (Wildman–Crippen MR) is 79.2 cm³/mol. The van der Waals surface area contributed by atoms with Crippen LogP contribution in [0.5, 0.6) is 5.75 Å². The van der Waals surface area contributed by atoms with Gasteiger partial charge in [-0.2, -0.15) is 0 Å². The van der Waals surface area contributed by atoms with Gasteiger partial charge in [-0.3, -0.25) is 4.79 Å². The summed E-state index contributed by atoms with van der Waals surface area (Å²) in [6.45, 7) is 2.38. The van der Waals surface area contributed by atoms with Gasteiger partial charge in [-0.25, -0.2) is 4.98 Å². The van der Waals surface area contributed by atoms with E-state index in [1.807, 2.05) is 13.0 Å². The standard InChI is InChI=1S/C14H14ClN3O2/c1-2-20-12-6-4-3-5-11(12)18-14(19)9-7-13(16)17-8-10(9)15/h3-8H,2H2,1H3,(H2,16,17)(H,18,19). The lowest BCUT2D eigenvalue weighted by Crippen LogP contribution is -2.14. The lowest BCUT2D eigenvalue weighted by molar-refractivity contribution is 0.102.